The summed E-state index contributed by atoms with van der Waals surface area (Å²) in [5.41, 5.74) is 5.03. The van der Waals surface area contributed by atoms with Crippen LogP contribution in [0.15, 0.2) is 48.5 Å². The molecular weight excluding hydrogens is 358 g/mol. The zero-order valence-corrected chi connectivity index (χ0v) is 18.0. The van der Waals surface area contributed by atoms with Gasteiger partial charge in [0, 0.05) is 19.5 Å². The van der Waals surface area contributed by atoms with E-state index >= 15 is 0 Å². The van der Waals surface area contributed by atoms with Gasteiger partial charge in [-0.15, -0.1) is 0 Å². The Labute approximate surface area is 176 Å². The summed E-state index contributed by atoms with van der Waals surface area (Å²) in [5, 5.41) is 0. The number of carbonyl (C=O) groups excluding carboxylic acids is 1. The molecule has 1 aliphatic carbocycles. The third kappa shape index (κ3) is 5.62. The SMILES string of the molecule is CCCCCCCCCCN(C)C(=O)OCC1c2ccccc2-c2ccccc21. The molecule has 0 unspecified atom stereocenters. The molecule has 3 rings (SSSR count). The van der Waals surface area contributed by atoms with Crippen molar-refractivity contribution in [3.8, 4) is 11.1 Å². The Morgan fingerprint density at radius 1 is 0.828 bits per heavy atom. The average Bonchev–Trinajstić information content (AvgIpc) is 3.07. The minimum absolute atomic E-state index is 0.128. The van der Waals surface area contributed by atoms with E-state index in [1.807, 2.05) is 7.05 Å². The number of hydrogen-bond acceptors (Lipinski definition) is 2. The highest BCUT2D eigenvalue weighted by molar-refractivity contribution is 5.79. The summed E-state index contributed by atoms with van der Waals surface area (Å²) in [4.78, 5) is 14.2. The van der Waals surface area contributed by atoms with Crippen LogP contribution in [0.1, 0.15) is 75.3 Å². The summed E-state index contributed by atoms with van der Waals surface area (Å²) >= 11 is 0. The Bertz CT molecular complexity index is 740. The molecule has 29 heavy (non-hydrogen) atoms. The molecule has 0 heterocycles. The van der Waals surface area contributed by atoms with Crippen LogP contribution >= 0.6 is 0 Å². The minimum Gasteiger partial charge on any atom is -0.448 e. The average molecular weight is 394 g/mol. The molecular formula is C26H35NO2. The molecule has 156 valence electrons. The lowest BCUT2D eigenvalue weighted by atomic mass is 9.98. The van der Waals surface area contributed by atoms with Crippen molar-refractivity contribution in [1.82, 2.24) is 4.90 Å². The van der Waals surface area contributed by atoms with Gasteiger partial charge in [-0.1, -0.05) is 100 Å². The largest absolute Gasteiger partial charge is 0.448 e. The van der Waals surface area contributed by atoms with Gasteiger partial charge in [-0.05, 0) is 28.7 Å². The number of benzene rings is 2. The number of hydrogen-bond donors (Lipinski definition) is 0. The first kappa shape index (κ1) is 21.4. The zero-order chi connectivity index (χ0) is 20.5. The third-order valence-electron chi connectivity index (χ3n) is 5.99. The minimum atomic E-state index is -0.213. The maximum Gasteiger partial charge on any atom is 0.409 e. The number of fused-ring (bicyclic) bond motifs is 3. The van der Waals surface area contributed by atoms with Crippen molar-refractivity contribution in [2.24, 2.45) is 0 Å². The maximum absolute atomic E-state index is 12.5. The fourth-order valence-corrected chi connectivity index (χ4v) is 4.28. The standard InChI is InChI=1S/C26H35NO2/c1-3-4-5-6-7-8-9-14-19-27(2)26(28)29-20-25-23-17-12-10-15-21(23)22-16-11-13-18-24(22)25/h10-13,15-18,25H,3-9,14,19-20H2,1-2H3. The predicted molar refractivity (Wildman–Crippen MR) is 120 cm³/mol. The van der Waals surface area contributed by atoms with Crippen LogP contribution in [0.4, 0.5) is 4.79 Å². The van der Waals surface area contributed by atoms with Crippen molar-refractivity contribution in [1.29, 1.82) is 0 Å². The number of ether oxygens (including phenoxy) is 1. The van der Waals surface area contributed by atoms with Crippen molar-refractivity contribution >= 4 is 6.09 Å². The molecule has 0 N–H and O–H groups in total. The second-order valence-electron chi connectivity index (χ2n) is 8.20. The summed E-state index contributed by atoms with van der Waals surface area (Å²) in [6.45, 7) is 3.42. The summed E-state index contributed by atoms with van der Waals surface area (Å²) in [6, 6.07) is 16.9. The van der Waals surface area contributed by atoms with Gasteiger partial charge in [-0.2, -0.15) is 0 Å². The molecule has 0 spiro atoms. The fraction of sp³-hybridized carbons (Fsp3) is 0.500. The van der Waals surface area contributed by atoms with Gasteiger partial charge in [0.2, 0.25) is 0 Å². The molecule has 1 amide bonds. The van der Waals surface area contributed by atoms with Crippen LogP contribution in [0, 0.1) is 0 Å². The van der Waals surface area contributed by atoms with Crippen molar-refractivity contribution in [3.63, 3.8) is 0 Å². The Hall–Kier alpha value is -2.29. The fourth-order valence-electron chi connectivity index (χ4n) is 4.28. The van der Waals surface area contributed by atoms with Gasteiger partial charge >= 0.3 is 6.09 Å². The van der Waals surface area contributed by atoms with Gasteiger partial charge in [-0.3, -0.25) is 0 Å². The second kappa shape index (κ2) is 11.0. The van der Waals surface area contributed by atoms with Crippen LogP contribution in [0.2, 0.25) is 0 Å². The van der Waals surface area contributed by atoms with E-state index in [4.69, 9.17) is 4.74 Å². The summed E-state index contributed by atoms with van der Waals surface area (Å²) in [7, 11) is 1.85. The van der Waals surface area contributed by atoms with Crippen LogP contribution in [0.5, 0.6) is 0 Å². The first-order chi connectivity index (χ1) is 14.2. The molecule has 0 bridgehead atoms. The Balaban J connectivity index is 1.42. The van der Waals surface area contributed by atoms with Gasteiger partial charge in [-0.25, -0.2) is 4.79 Å². The lowest BCUT2D eigenvalue weighted by molar-refractivity contribution is 0.108. The third-order valence-corrected chi connectivity index (χ3v) is 5.99. The van der Waals surface area contributed by atoms with E-state index in [2.05, 4.69) is 55.5 Å². The lowest BCUT2D eigenvalue weighted by Gasteiger charge is -2.19. The van der Waals surface area contributed by atoms with Crippen molar-refractivity contribution < 1.29 is 9.53 Å². The summed E-state index contributed by atoms with van der Waals surface area (Å²) < 4.78 is 5.71. The Morgan fingerprint density at radius 3 is 1.93 bits per heavy atom. The van der Waals surface area contributed by atoms with Crippen LogP contribution in [0.25, 0.3) is 11.1 Å². The predicted octanol–water partition coefficient (Wildman–Crippen LogP) is 7.01. The topological polar surface area (TPSA) is 29.5 Å². The highest BCUT2D eigenvalue weighted by Gasteiger charge is 2.29. The van der Waals surface area contributed by atoms with Gasteiger partial charge in [0.15, 0.2) is 0 Å². The van der Waals surface area contributed by atoms with Crippen molar-refractivity contribution in [3.05, 3.63) is 59.7 Å². The molecule has 0 saturated carbocycles. The number of carbonyl (C=O) groups is 1. The van der Waals surface area contributed by atoms with Crippen LogP contribution in [-0.4, -0.2) is 31.2 Å². The van der Waals surface area contributed by atoms with Gasteiger partial charge < -0.3 is 9.64 Å². The lowest BCUT2D eigenvalue weighted by Crippen LogP contribution is -2.29. The monoisotopic (exact) mass is 393 g/mol. The van der Waals surface area contributed by atoms with E-state index in [0.717, 1.165) is 13.0 Å². The number of nitrogens with zero attached hydrogens (tertiary/aromatic N) is 1. The van der Waals surface area contributed by atoms with E-state index in [-0.39, 0.29) is 12.0 Å². The van der Waals surface area contributed by atoms with Crippen molar-refractivity contribution in [2.45, 2.75) is 64.2 Å². The molecule has 3 nitrogen and oxygen atoms in total. The molecule has 0 aliphatic heterocycles. The van der Waals surface area contributed by atoms with E-state index in [1.165, 1.54) is 67.2 Å². The van der Waals surface area contributed by atoms with E-state index in [0.29, 0.717) is 6.61 Å². The summed E-state index contributed by atoms with van der Waals surface area (Å²) in [5.74, 6) is 0.128. The normalized spacial score (nSPS) is 12.5. The van der Waals surface area contributed by atoms with Gasteiger partial charge in [0.25, 0.3) is 0 Å². The van der Waals surface area contributed by atoms with Crippen LogP contribution < -0.4 is 0 Å². The molecule has 0 saturated heterocycles. The number of unbranched alkanes of at least 4 members (excludes halogenated alkanes) is 7. The van der Waals surface area contributed by atoms with E-state index < -0.39 is 0 Å². The Morgan fingerprint density at radius 2 is 1.34 bits per heavy atom. The van der Waals surface area contributed by atoms with Gasteiger partial charge in [0.05, 0.1) is 0 Å². The molecule has 1 aliphatic rings. The van der Waals surface area contributed by atoms with E-state index in [9.17, 15) is 4.79 Å². The molecule has 0 atom stereocenters. The van der Waals surface area contributed by atoms with Crippen LogP contribution in [-0.2, 0) is 4.74 Å². The Kier molecular flexibility index (Phi) is 8.15. The molecule has 2 aromatic carbocycles. The van der Waals surface area contributed by atoms with Crippen LogP contribution in [0.3, 0.4) is 0 Å². The molecule has 0 aromatic heterocycles. The van der Waals surface area contributed by atoms with E-state index in [1.54, 1.807) is 4.90 Å². The highest BCUT2D eigenvalue weighted by atomic mass is 16.6. The van der Waals surface area contributed by atoms with Gasteiger partial charge in [0.1, 0.15) is 6.61 Å². The first-order valence-corrected chi connectivity index (χ1v) is 11.3. The van der Waals surface area contributed by atoms with Crippen molar-refractivity contribution in [2.75, 3.05) is 20.2 Å². The number of amides is 1. The molecule has 2 aromatic rings. The zero-order valence-electron chi connectivity index (χ0n) is 18.0. The summed E-state index contributed by atoms with van der Waals surface area (Å²) in [6.07, 6.45) is 9.95. The molecule has 0 radical (unpaired) electrons. The smallest absolute Gasteiger partial charge is 0.409 e. The first-order valence-electron chi connectivity index (χ1n) is 11.3. The maximum atomic E-state index is 12.5. The molecule has 3 heteroatoms. The second-order valence-corrected chi connectivity index (χ2v) is 8.20. The highest BCUT2D eigenvalue weighted by Crippen LogP contribution is 2.44. The molecule has 0 fully saturated rings. The quantitative estimate of drug-likeness (QED) is 0.384. The number of rotatable bonds is 11.